The molecule has 0 spiro atoms. The zero-order valence-corrected chi connectivity index (χ0v) is 20.9. The van der Waals surface area contributed by atoms with Crippen molar-refractivity contribution in [1.29, 1.82) is 0 Å². The normalized spacial score (nSPS) is 32.3. The van der Waals surface area contributed by atoms with Crippen molar-refractivity contribution in [1.82, 2.24) is 9.80 Å². The molecule has 9 heteroatoms. The van der Waals surface area contributed by atoms with E-state index in [1.165, 1.54) is 29.1 Å². The van der Waals surface area contributed by atoms with Crippen LogP contribution in [0.1, 0.15) is 55.3 Å². The minimum absolute atomic E-state index is 0.0167. The SMILES string of the molecule is CN(C)C(=O)c1ccc(NC(=O)COC(=O)[C@@H]2CC(O)CN2C(=O)C23CC4CC(CC(C4)C2)C3)cc1. The van der Waals surface area contributed by atoms with E-state index in [2.05, 4.69) is 5.32 Å². The van der Waals surface area contributed by atoms with E-state index >= 15 is 0 Å². The molecule has 1 heterocycles. The molecule has 1 aromatic carbocycles. The molecule has 0 aromatic heterocycles. The summed E-state index contributed by atoms with van der Waals surface area (Å²) in [6.45, 7) is -0.367. The molecule has 2 atom stereocenters. The second-order valence-corrected chi connectivity index (χ2v) is 11.5. The molecule has 36 heavy (non-hydrogen) atoms. The number of nitrogens with one attached hydrogen (secondary N) is 1. The lowest BCUT2D eigenvalue weighted by atomic mass is 9.49. The van der Waals surface area contributed by atoms with E-state index in [-0.39, 0.29) is 24.8 Å². The van der Waals surface area contributed by atoms with Crippen LogP contribution in [0.4, 0.5) is 5.69 Å². The zero-order chi connectivity index (χ0) is 25.6. The minimum atomic E-state index is -0.871. The van der Waals surface area contributed by atoms with Crippen LogP contribution in [0.3, 0.4) is 0 Å². The summed E-state index contributed by atoms with van der Waals surface area (Å²) < 4.78 is 5.28. The molecule has 5 aliphatic rings. The summed E-state index contributed by atoms with van der Waals surface area (Å²) in [5.74, 6) is 0.440. The van der Waals surface area contributed by atoms with Gasteiger partial charge in [0.25, 0.3) is 11.8 Å². The number of ether oxygens (including phenoxy) is 1. The van der Waals surface area contributed by atoms with Crippen molar-refractivity contribution in [2.45, 2.75) is 57.1 Å². The van der Waals surface area contributed by atoms with Gasteiger partial charge in [-0.2, -0.15) is 0 Å². The number of nitrogens with zero attached hydrogens (tertiary/aromatic N) is 2. The third kappa shape index (κ3) is 4.73. The predicted molar refractivity (Wildman–Crippen MR) is 131 cm³/mol. The Morgan fingerprint density at radius 1 is 1.00 bits per heavy atom. The number of hydrogen-bond donors (Lipinski definition) is 2. The molecule has 2 N–H and O–H groups in total. The zero-order valence-electron chi connectivity index (χ0n) is 20.9. The Hall–Kier alpha value is -2.94. The number of anilines is 1. The quantitative estimate of drug-likeness (QED) is 0.581. The molecule has 0 radical (unpaired) electrons. The first-order chi connectivity index (χ1) is 17.1. The summed E-state index contributed by atoms with van der Waals surface area (Å²) in [5, 5.41) is 13.0. The van der Waals surface area contributed by atoms with Gasteiger partial charge in [-0.05, 0) is 80.5 Å². The molecule has 4 bridgehead atoms. The lowest BCUT2D eigenvalue weighted by molar-refractivity contribution is -0.166. The number of aliphatic hydroxyl groups is 1. The van der Waals surface area contributed by atoms with Crippen LogP contribution in [-0.4, -0.2) is 78.0 Å². The van der Waals surface area contributed by atoms with Crippen LogP contribution < -0.4 is 5.32 Å². The molecule has 1 aliphatic heterocycles. The third-order valence-corrected chi connectivity index (χ3v) is 8.47. The largest absolute Gasteiger partial charge is 0.454 e. The summed E-state index contributed by atoms with van der Waals surface area (Å²) in [5.41, 5.74) is 0.559. The molecule has 194 valence electrons. The first kappa shape index (κ1) is 24.7. The van der Waals surface area contributed by atoms with E-state index in [0.29, 0.717) is 29.0 Å². The summed E-state index contributed by atoms with van der Waals surface area (Å²) in [6.07, 6.45) is 5.63. The number of rotatable bonds is 6. The molecule has 3 amide bonds. The molecule has 1 saturated heterocycles. The van der Waals surface area contributed by atoms with Gasteiger partial charge in [-0.25, -0.2) is 4.79 Å². The van der Waals surface area contributed by atoms with Gasteiger partial charge >= 0.3 is 5.97 Å². The smallest absolute Gasteiger partial charge is 0.329 e. The Balaban J connectivity index is 1.17. The van der Waals surface area contributed by atoms with E-state index < -0.39 is 36.0 Å². The van der Waals surface area contributed by atoms with Crippen molar-refractivity contribution in [3.63, 3.8) is 0 Å². The molecular formula is C27H35N3O6. The van der Waals surface area contributed by atoms with Crippen LogP contribution >= 0.6 is 0 Å². The van der Waals surface area contributed by atoms with Gasteiger partial charge < -0.3 is 25.0 Å². The van der Waals surface area contributed by atoms with Crippen molar-refractivity contribution >= 4 is 29.4 Å². The van der Waals surface area contributed by atoms with Gasteiger partial charge in [0, 0.05) is 38.3 Å². The molecule has 6 rings (SSSR count). The molecular weight excluding hydrogens is 462 g/mol. The summed E-state index contributed by atoms with van der Waals surface area (Å²) in [6, 6.07) is 5.56. The maximum atomic E-state index is 13.8. The van der Waals surface area contributed by atoms with Crippen LogP contribution in [0, 0.1) is 23.2 Å². The van der Waals surface area contributed by atoms with Crippen LogP contribution in [0.15, 0.2) is 24.3 Å². The number of aliphatic hydroxyl groups excluding tert-OH is 1. The van der Waals surface area contributed by atoms with Gasteiger partial charge in [0.1, 0.15) is 6.04 Å². The van der Waals surface area contributed by atoms with E-state index in [9.17, 15) is 24.3 Å². The van der Waals surface area contributed by atoms with Crippen molar-refractivity contribution in [3.8, 4) is 0 Å². The van der Waals surface area contributed by atoms with Gasteiger partial charge in [0.2, 0.25) is 5.91 Å². The fourth-order valence-electron chi connectivity index (χ4n) is 7.32. The second kappa shape index (κ2) is 9.50. The lowest BCUT2D eigenvalue weighted by Crippen LogP contribution is -2.56. The van der Waals surface area contributed by atoms with Gasteiger partial charge in [-0.15, -0.1) is 0 Å². The molecule has 1 aromatic rings. The topological polar surface area (TPSA) is 116 Å². The predicted octanol–water partition coefficient (Wildman–Crippen LogP) is 2.05. The third-order valence-electron chi connectivity index (χ3n) is 8.47. The summed E-state index contributed by atoms with van der Waals surface area (Å²) in [4.78, 5) is 54.0. The number of amides is 3. The lowest BCUT2D eigenvalue weighted by Gasteiger charge is -2.56. The number of carbonyl (C=O) groups is 4. The second-order valence-electron chi connectivity index (χ2n) is 11.5. The van der Waals surface area contributed by atoms with E-state index in [4.69, 9.17) is 4.74 Å². The number of esters is 1. The van der Waals surface area contributed by atoms with Gasteiger partial charge in [0.05, 0.1) is 11.5 Å². The van der Waals surface area contributed by atoms with Crippen molar-refractivity contribution in [2.24, 2.45) is 23.2 Å². The average molecular weight is 498 g/mol. The van der Waals surface area contributed by atoms with Crippen molar-refractivity contribution in [2.75, 3.05) is 32.6 Å². The Bertz CT molecular complexity index is 1020. The summed E-state index contributed by atoms with van der Waals surface area (Å²) >= 11 is 0. The highest BCUT2D eigenvalue weighted by Gasteiger charge is 2.57. The Morgan fingerprint density at radius 3 is 2.14 bits per heavy atom. The highest BCUT2D eigenvalue weighted by atomic mass is 16.5. The van der Waals surface area contributed by atoms with Gasteiger partial charge in [-0.3, -0.25) is 14.4 Å². The highest BCUT2D eigenvalue weighted by Crippen LogP contribution is 2.60. The number of hydrogen-bond acceptors (Lipinski definition) is 6. The number of carbonyl (C=O) groups excluding carboxylic acids is 4. The van der Waals surface area contributed by atoms with Crippen LogP contribution in [-0.2, 0) is 19.1 Å². The van der Waals surface area contributed by atoms with Crippen LogP contribution in [0.2, 0.25) is 0 Å². The Labute approximate surface area is 211 Å². The average Bonchev–Trinajstić information content (AvgIpc) is 3.22. The maximum Gasteiger partial charge on any atom is 0.329 e. The van der Waals surface area contributed by atoms with Crippen molar-refractivity contribution < 1.29 is 29.0 Å². The van der Waals surface area contributed by atoms with Gasteiger partial charge in [0.15, 0.2) is 6.61 Å². The van der Waals surface area contributed by atoms with Crippen LogP contribution in [0.5, 0.6) is 0 Å². The number of β-amino-alcohol motifs (C(OH)–C–C–N with tert-alkyl or cyclic N) is 1. The van der Waals surface area contributed by atoms with Crippen LogP contribution in [0.25, 0.3) is 0 Å². The fourth-order valence-corrected chi connectivity index (χ4v) is 7.32. The number of likely N-dealkylation sites (tertiary alicyclic amines) is 1. The highest BCUT2D eigenvalue weighted by molar-refractivity contribution is 5.96. The monoisotopic (exact) mass is 497 g/mol. The molecule has 5 fully saturated rings. The Morgan fingerprint density at radius 2 is 1.58 bits per heavy atom. The number of benzene rings is 1. The molecule has 4 saturated carbocycles. The minimum Gasteiger partial charge on any atom is -0.454 e. The summed E-state index contributed by atoms with van der Waals surface area (Å²) in [7, 11) is 3.32. The molecule has 9 nitrogen and oxygen atoms in total. The van der Waals surface area contributed by atoms with E-state index in [0.717, 1.165) is 19.3 Å². The van der Waals surface area contributed by atoms with E-state index in [1.807, 2.05) is 0 Å². The first-order valence-electron chi connectivity index (χ1n) is 12.9. The first-order valence-corrected chi connectivity index (χ1v) is 12.9. The molecule has 1 unspecified atom stereocenters. The van der Waals surface area contributed by atoms with Gasteiger partial charge in [-0.1, -0.05) is 0 Å². The van der Waals surface area contributed by atoms with Crippen molar-refractivity contribution in [3.05, 3.63) is 29.8 Å². The van der Waals surface area contributed by atoms with E-state index in [1.54, 1.807) is 38.4 Å². The molecule has 4 aliphatic carbocycles. The maximum absolute atomic E-state index is 13.8. The fraction of sp³-hybridized carbons (Fsp3) is 0.630. The standard InChI is InChI=1S/C27H35N3O6/c1-29(2)24(33)19-3-5-20(6-4-19)28-23(32)15-36-25(34)22-10-21(31)14-30(22)26(35)27-11-16-7-17(12-27)9-18(8-16)13-27/h3-6,16-18,21-22,31H,7-15H2,1-2H3,(H,28,32)/t16?,17?,18?,21?,22-,27?/m0/s1. The Kier molecular flexibility index (Phi) is 6.53.